The monoisotopic (exact) mass is 308 g/mol. The molecular formula is C12H13BrN4O. The second-order valence-electron chi connectivity index (χ2n) is 3.96. The highest BCUT2D eigenvalue weighted by Gasteiger charge is 2.08. The van der Waals surface area contributed by atoms with E-state index in [2.05, 4.69) is 31.4 Å². The molecule has 0 aliphatic carbocycles. The second-order valence-corrected chi connectivity index (χ2v) is 4.81. The molecule has 2 aromatic rings. The summed E-state index contributed by atoms with van der Waals surface area (Å²) in [5.41, 5.74) is 8.05. The number of halogens is 1. The first kappa shape index (κ1) is 12.6. The SMILES string of the molecule is Cc1cc(C(=O)NCc2cn[nH]c2N)ccc1Br. The minimum absolute atomic E-state index is 0.133. The van der Waals surface area contributed by atoms with Gasteiger partial charge in [0, 0.05) is 22.1 Å². The number of benzene rings is 1. The van der Waals surface area contributed by atoms with Crippen molar-refractivity contribution >= 4 is 27.7 Å². The summed E-state index contributed by atoms with van der Waals surface area (Å²) in [6, 6.07) is 5.46. The van der Waals surface area contributed by atoms with Crippen LogP contribution in [0.2, 0.25) is 0 Å². The van der Waals surface area contributed by atoms with Gasteiger partial charge < -0.3 is 11.1 Å². The molecule has 18 heavy (non-hydrogen) atoms. The molecule has 0 saturated carbocycles. The lowest BCUT2D eigenvalue weighted by molar-refractivity contribution is 0.0951. The zero-order chi connectivity index (χ0) is 13.1. The number of aryl methyl sites for hydroxylation is 1. The molecule has 0 aliphatic heterocycles. The number of hydrogen-bond donors (Lipinski definition) is 3. The van der Waals surface area contributed by atoms with Crippen molar-refractivity contribution in [3.63, 3.8) is 0 Å². The largest absolute Gasteiger partial charge is 0.384 e. The van der Waals surface area contributed by atoms with Crippen LogP contribution in [-0.2, 0) is 6.54 Å². The van der Waals surface area contributed by atoms with Gasteiger partial charge in [-0.3, -0.25) is 9.89 Å². The molecule has 1 amide bonds. The number of nitrogens with zero attached hydrogens (tertiary/aromatic N) is 1. The van der Waals surface area contributed by atoms with Gasteiger partial charge in [0.05, 0.1) is 6.20 Å². The third-order valence-corrected chi connectivity index (χ3v) is 3.50. The van der Waals surface area contributed by atoms with Crippen molar-refractivity contribution in [2.75, 3.05) is 5.73 Å². The maximum atomic E-state index is 11.9. The van der Waals surface area contributed by atoms with E-state index < -0.39 is 0 Å². The van der Waals surface area contributed by atoms with Gasteiger partial charge in [0.2, 0.25) is 0 Å². The molecule has 1 aromatic heterocycles. The third kappa shape index (κ3) is 2.70. The number of carbonyl (C=O) groups is 1. The van der Waals surface area contributed by atoms with E-state index >= 15 is 0 Å². The first-order chi connectivity index (χ1) is 8.58. The Kier molecular flexibility index (Phi) is 3.66. The average molecular weight is 309 g/mol. The number of anilines is 1. The van der Waals surface area contributed by atoms with Crippen molar-refractivity contribution in [2.24, 2.45) is 0 Å². The van der Waals surface area contributed by atoms with Gasteiger partial charge in [-0.05, 0) is 30.7 Å². The molecule has 94 valence electrons. The molecule has 2 rings (SSSR count). The summed E-state index contributed by atoms with van der Waals surface area (Å²) in [6.07, 6.45) is 1.60. The lowest BCUT2D eigenvalue weighted by atomic mass is 10.1. The highest BCUT2D eigenvalue weighted by molar-refractivity contribution is 9.10. The first-order valence-electron chi connectivity index (χ1n) is 5.40. The van der Waals surface area contributed by atoms with Crippen LogP contribution in [0.5, 0.6) is 0 Å². The Labute approximate surface area is 113 Å². The quantitative estimate of drug-likeness (QED) is 0.811. The molecule has 0 saturated heterocycles. The van der Waals surface area contributed by atoms with Crippen molar-refractivity contribution in [2.45, 2.75) is 13.5 Å². The Morgan fingerprint density at radius 3 is 2.94 bits per heavy atom. The molecule has 5 nitrogen and oxygen atoms in total. The number of aromatic amines is 1. The molecule has 0 spiro atoms. The van der Waals surface area contributed by atoms with Gasteiger partial charge in [-0.2, -0.15) is 5.10 Å². The van der Waals surface area contributed by atoms with Crippen LogP contribution < -0.4 is 11.1 Å². The zero-order valence-electron chi connectivity index (χ0n) is 9.83. The molecule has 1 heterocycles. The molecule has 0 aliphatic rings. The van der Waals surface area contributed by atoms with E-state index in [1.54, 1.807) is 12.3 Å². The van der Waals surface area contributed by atoms with Crippen molar-refractivity contribution in [1.29, 1.82) is 0 Å². The topological polar surface area (TPSA) is 83.8 Å². The van der Waals surface area contributed by atoms with Gasteiger partial charge in [0.25, 0.3) is 5.91 Å². The molecule has 1 aromatic carbocycles. The van der Waals surface area contributed by atoms with Crippen molar-refractivity contribution < 1.29 is 4.79 Å². The Bertz CT molecular complexity index is 579. The van der Waals surface area contributed by atoms with Crippen LogP contribution in [0.15, 0.2) is 28.9 Å². The standard InChI is InChI=1S/C12H13BrN4O/c1-7-4-8(2-3-10(7)13)12(18)15-5-9-6-16-17-11(9)14/h2-4,6H,5H2,1H3,(H,15,18)(H3,14,16,17). The van der Waals surface area contributed by atoms with Crippen molar-refractivity contribution in [3.8, 4) is 0 Å². The number of amides is 1. The summed E-state index contributed by atoms with van der Waals surface area (Å²) in [4.78, 5) is 11.9. The van der Waals surface area contributed by atoms with Crippen molar-refractivity contribution in [1.82, 2.24) is 15.5 Å². The fourth-order valence-corrected chi connectivity index (χ4v) is 1.77. The Morgan fingerprint density at radius 2 is 2.33 bits per heavy atom. The summed E-state index contributed by atoms with van der Waals surface area (Å²) in [5, 5.41) is 9.20. The number of nitrogens with one attached hydrogen (secondary N) is 2. The Morgan fingerprint density at radius 1 is 1.56 bits per heavy atom. The number of rotatable bonds is 3. The molecule has 0 bridgehead atoms. The molecular weight excluding hydrogens is 296 g/mol. The maximum absolute atomic E-state index is 11.9. The number of aromatic nitrogens is 2. The van der Waals surface area contributed by atoms with Gasteiger partial charge in [-0.1, -0.05) is 15.9 Å². The van der Waals surface area contributed by atoms with Gasteiger partial charge in [-0.15, -0.1) is 0 Å². The fourth-order valence-electron chi connectivity index (χ4n) is 1.53. The third-order valence-electron chi connectivity index (χ3n) is 2.61. The van der Waals surface area contributed by atoms with Crippen LogP contribution in [0.4, 0.5) is 5.82 Å². The molecule has 0 fully saturated rings. The lowest BCUT2D eigenvalue weighted by Gasteiger charge is -2.06. The molecule has 0 radical (unpaired) electrons. The van der Waals surface area contributed by atoms with E-state index in [0.717, 1.165) is 15.6 Å². The normalized spacial score (nSPS) is 10.3. The average Bonchev–Trinajstić information content (AvgIpc) is 2.75. The number of H-pyrrole nitrogens is 1. The van der Waals surface area contributed by atoms with E-state index in [1.165, 1.54) is 0 Å². The number of nitrogen functional groups attached to an aromatic ring is 1. The first-order valence-corrected chi connectivity index (χ1v) is 6.19. The maximum Gasteiger partial charge on any atom is 0.251 e. The summed E-state index contributed by atoms with van der Waals surface area (Å²) in [6.45, 7) is 2.30. The van der Waals surface area contributed by atoms with Gasteiger partial charge >= 0.3 is 0 Å². The Balaban J connectivity index is 2.04. The van der Waals surface area contributed by atoms with Crippen LogP contribution in [0, 0.1) is 6.92 Å². The fraction of sp³-hybridized carbons (Fsp3) is 0.167. The summed E-state index contributed by atoms with van der Waals surface area (Å²) in [5.74, 6) is 0.341. The molecule has 0 unspecified atom stereocenters. The van der Waals surface area contributed by atoms with Gasteiger partial charge in [0.15, 0.2) is 0 Å². The molecule has 0 atom stereocenters. The van der Waals surface area contributed by atoms with Crippen LogP contribution in [0.1, 0.15) is 21.5 Å². The predicted molar refractivity (Wildman–Crippen MR) is 73.0 cm³/mol. The highest BCUT2D eigenvalue weighted by Crippen LogP contribution is 2.17. The minimum atomic E-state index is -0.133. The summed E-state index contributed by atoms with van der Waals surface area (Å²) >= 11 is 3.40. The summed E-state index contributed by atoms with van der Waals surface area (Å²) < 4.78 is 0.984. The molecule has 6 heteroatoms. The van der Waals surface area contributed by atoms with Crippen LogP contribution in [0.3, 0.4) is 0 Å². The van der Waals surface area contributed by atoms with Crippen LogP contribution in [-0.4, -0.2) is 16.1 Å². The van der Waals surface area contributed by atoms with E-state index in [4.69, 9.17) is 5.73 Å². The Hall–Kier alpha value is -1.82. The lowest BCUT2D eigenvalue weighted by Crippen LogP contribution is -2.23. The summed E-state index contributed by atoms with van der Waals surface area (Å²) in [7, 11) is 0. The van der Waals surface area contributed by atoms with E-state index in [9.17, 15) is 4.79 Å². The number of nitrogens with two attached hydrogens (primary N) is 1. The minimum Gasteiger partial charge on any atom is -0.384 e. The van der Waals surface area contributed by atoms with E-state index in [1.807, 2.05) is 19.1 Å². The second kappa shape index (κ2) is 5.22. The highest BCUT2D eigenvalue weighted by atomic mass is 79.9. The van der Waals surface area contributed by atoms with E-state index in [-0.39, 0.29) is 5.91 Å². The van der Waals surface area contributed by atoms with Gasteiger partial charge in [-0.25, -0.2) is 0 Å². The number of carbonyl (C=O) groups excluding carboxylic acids is 1. The molecule has 4 N–H and O–H groups in total. The predicted octanol–water partition coefficient (Wildman–Crippen LogP) is 1.99. The van der Waals surface area contributed by atoms with Crippen molar-refractivity contribution in [3.05, 3.63) is 45.6 Å². The smallest absolute Gasteiger partial charge is 0.251 e. The van der Waals surface area contributed by atoms with Crippen LogP contribution in [0.25, 0.3) is 0 Å². The van der Waals surface area contributed by atoms with E-state index in [0.29, 0.717) is 17.9 Å². The van der Waals surface area contributed by atoms with Crippen LogP contribution >= 0.6 is 15.9 Å². The van der Waals surface area contributed by atoms with Gasteiger partial charge in [0.1, 0.15) is 5.82 Å². The zero-order valence-corrected chi connectivity index (χ0v) is 11.4. The number of hydrogen-bond acceptors (Lipinski definition) is 3.